The maximum absolute atomic E-state index is 9.43. The van der Waals surface area contributed by atoms with Crippen molar-refractivity contribution >= 4 is 50.1 Å². The predicted octanol–water partition coefficient (Wildman–Crippen LogP) is 6.37. The van der Waals surface area contributed by atoms with Crippen LogP contribution in [0.5, 0.6) is 17.2 Å². The van der Waals surface area contributed by atoms with Crippen molar-refractivity contribution in [2.75, 3.05) is 0 Å². The van der Waals surface area contributed by atoms with E-state index in [0.29, 0.717) is 16.6 Å². The zero-order valence-electron chi connectivity index (χ0n) is 20.9. The van der Waals surface area contributed by atoms with Gasteiger partial charge in [-0.05, 0) is 73.9 Å². The third kappa shape index (κ3) is 6.15. The molecule has 3 N–H and O–H groups in total. The summed E-state index contributed by atoms with van der Waals surface area (Å²) in [6.07, 6.45) is 5.05. The van der Waals surface area contributed by atoms with Crippen LogP contribution in [0.15, 0.2) is 91.4 Å². The highest BCUT2D eigenvalue weighted by Gasteiger charge is 2.03. The van der Waals surface area contributed by atoms with Crippen LogP contribution in [0.4, 0.5) is 0 Å². The van der Waals surface area contributed by atoms with Gasteiger partial charge in [-0.1, -0.05) is 36.4 Å². The highest BCUT2D eigenvalue weighted by Crippen LogP contribution is 2.26. The van der Waals surface area contributed by atoms with Crippen molar-refractivity contribution < 1.29 is 15.3 Å². The normalized spacial score (nSPS) is 10.1. The molecule has 0 unspecified atom stereocenters. The van der Waals surface area contributed by atoms with Crippen molar-refractivity contribution in [3.05, 3.63) is 108 Å². The van der Waals surface area contributed by atoms with E-state index in [1.807, 2.05) is 75.4 Å². The molecule has 3 aromatic carbocycles. The van der Waals surface area contributed by atoms with Gasteiger partial charge in [0.1, 0.15) is 33.8 Å². The summed E-state index contributed by atoms with van der Waals surface area (Å²) in [4.78, 5) is 12.3. The van der Waals surface area contributed by atoms with Gasteiger partial charge in [0, 0.05) is 52.1 Å². The average Bonchev–Trinajstić information content (AvgIpc) is 2.92. The minimum absolute atomic E-state index is 0. The number of nitrogens with zero attached hydrogens (tertiary/aromatic N) is 3. The summed E-state index contributed by atoms with van der Waals surface area (Å²) in [6.45, 7) is 6.01. The van der Waals surface area contributed by atoms with Crippen molar-refractivity contribution in [3.63, 3.8) is 0 Å². The van der Waals surface area contributed by atoms with Crippen LogP contribution in [-0.4, -0.2) is 47.6 Å². The molecule has 0 aliphatic heterocycles. The molecule has 0 aliphatic rings. The van der Waals surface area contributed by atoms with Gasteiger partial charge in [-0.25, -0.2) is 0 Å². The van der Waals surface area contributed by atoms with E-state index in [-0.39, 0.29) is 34.6 Å². The van der Waals surface area contributed by atoms with Crippen LogP contribution < -0.4 is 0 Å². The second-order valence-electron chi connectivity index (χ2n) is 8.40. The van der Waals surface area contributed by atoms with E-state index in [1.54, 1.807) is 36.8 Å². The van der Waals surface area contributed by atoms with Gasteiger partial charge in [0.25, 0.3) is 0 Å². The molecule has 0 fully saturated rings. The van der Waals surface area contributed by atoms with Crippen LogP contribution in [0.2, 0.25) is 0 Å². The summed E-state index contributed by atoms with van der Waals surface area (Å²) in [5.74, 6) is 0.739. The zero-order chi connectivity index (χ0) is 25.7. The number of rotatable bonds is 0. The molecule has 0 spiro atoms. The molecule has 0 aliphatic carbocycles. The highest BCUT2D eigenvalue weighted by atomic mass is 27.0. The minimum Gasteiger partial charge on any atom is -0.506 e. The summed E-state index contributed by atoms with van der Waals surface area (Å²) >= 11 is 0. The Bertz CT molecular complexity index is 1350. The molecule has 6 nitrogen and oxygen atoms in total. The van der Waals surface area contributed by atoms with Gasteiger partial charge >= 0.3 is 0 Å². The van der Waals surface area contributed by atoms with Crippen LogP contribution >= 0.6 is 0 Å². The standard InChI is InChI=1S/3C10H9NO.Al/c3*1-7-4-5-9(12)10-8(7)3-2-6-11-10;/h3*2-6,12H,1H3;. The van der Waals surface area contributed by atoms with E-state index in [1.165, 1.54) is 0 Å². The summed E-state index contributed by atoms with van der Waals surface area (Å²) in [6, 6.07) is 22.2. The fourth-order valence-corrected chi connectivity index (χ4v) is 3.90. The van der Waals surface area contributed by atoms with Gasteiger partial charge < -0.3 is 15.3 Å². The lowest BCUT2D eigenvalue weighted by Crippen LogP contribution is -1.81. The van der Waals surface area contributed by atoms with E-state index in [0.717, 1.165) is 32.8 Å². The summed E-state index contributed by atoms with van der Waals surface area (Å²) in [5, 5.41) is 31.3. The Morgan fingerprint density at radius 1 is 0.432 bits per heavy atom. The first-order valence-corrected chi connectivity index (χ1v) is 11.5. The molecular weight excluding hydrogens is 477 g/mol. The molecule has 183 valence electrons. The summed E-state index contributed by atoms with van der Waals surface area (Å²) < 4.78 is 0. The Kier molecular flexibility index (Phi) is 9.02. The largest absolute Gasteiger partial charge is 0.506 e. The average molecular weight is 505 g/mol. The topological polar surface area (TPSA) is 99.4 Å². The van der Waals surface area contributed by atoms with Crippen LogP contribution in [-0.2, 0) is 0 Å². The fraction of sp³-hybridized carbons (Fsp3) is 0.100. The van der Waals surface area contributed by atoms with E-state index in [2.05, 4.69) is 15.0 Å². The van der Waals surface area contributed by atoms with E-state index in [9.17, 15) is 15.3 Å². The second-order valence-corrected chi connectivity index (χ2v) is 8.40. The van der Waals surface area contributed by atoms with Gasteiger partial charge in [0.2, 0.25) is 0 Å². The number of fused-ring (bicyclic) bond motifs is 3. The van der Waals surface area contributed by atoms with Crippen LogP contribution in [0, 0.1) is 20.8 Å². The highest BCUT2D eigenvalue weighted by molar-refractivity contribution is 5.88. The summed E-state index contributed by atoms with van der Waals surface area (Å²) in [5.41, 5.74) is 5.44. The van der Waals surface area contributed by atoms with Crippen LogP contribution in [0.1, 0.15) is 16.7 Å². The molecule has 3 aromatic heterocycles. The van der Waals surface area contributed by atoms with E-state index in [4.69, 9.17) is 0 Å². The number of phenolic OH excluding ortho intramolecular Hbond substituents is 3. The SMILES string of the molecule is Cc1ccc(O)c2ncccc12.Cc1ccc(O)c2ncccc12.Cc1ccc(O)c2ncccc12.[Al]. The number of phenols is 3. The van der Waals surface area contributed by atoms with E-state index < -0.39 is 0 Å². The first-order chi connectivity index (χ1) is 17.4. The van der Waals surface area contributed by atoms with E-state index >= 15 is 0 Å². The first kappa shape index (κ1) is 27.4. The first-order valence-electron chi connectivity index (χ1n) is 11.5. The molecule has 0 saturated carbocycles. The van der Waals surface area contributed by atoms with Gasteiger partial charge in [0.05, 0.1) is 0 Å². The van der Waals surface area contributed by atoms with Crippen molar-refractivity contribution in [3.8, 4) is 17.2 Å². The second kappa shape index (κ2) is 12.2. The Morgan fingerprint density at radius 3 is 0.946 bits per heavy atom. The van der Waals surface area contributed by atoms with Gasteiger partial charge in [-0.15, -0.1) is 0 Å². The molecule has 7 heteroatoms. The summed E-state index contributed by atoms with van der Waals surface area (Å²) in [7, 11) is 0. The maximum Gasteiger partial charge on any atom is 0.141 e. The third-order valence-corrected chi connectivity index (χ3v) is 5.90. The quantitative estimate of drug-likeness (QED) is 0.208. The Labute approximate surface area is 226 Å². The zero-order valence-corrected chi connectivity index (χ0v) is 22.1. The number of hydrogen-bond donors (Lipinski definition) is 3. The predicted molar refractivity (Wildman–Crippen MR) is 150 cm³/mol. The van der Waals surface area contributed by atoms with Crippen molar-refractivity contribution in [1.29, 1.82) is 0 Å². The number of pyridine rings is 3. The van der Waals surface area contributed by atoms with Crippen molar-refractivity contribution in [1.82, 2.24) is 15.0 Å². The van der Waals surface area contributed by atoms with Gasteiger partial charge in [-0.3, -0.25) is 15.0 Å². The van der Waals surface area contributed by atoms with Crippen LogP contribution in [0.3, 0.4) is 0 Å². The number of hydrogen-bond acceptors (Lipinski definition) is 6. The third-order valence-electron chi connectivity index (χ3n) is 5.90. The number of aryl methyl sites for hydroxylation is 3. The molecule has 37 heavy (non-hydrogen) atoms. The molecule has 0 saturated heterocycles. The number of aromatic nitrogens is 3. The molecule has 0 bridgehead atoms. The lowest BCUT2D eigenvalue weighted by atomic mass is 10.1. The molecule has 0 amide bonds. The number of aromatic hydroxyl groups is 3. The smallest absolute Gasteiger partial charge is 0.141 e. The fourth-order valence-electron chi connectivity index (χ4n) is 3.90. The van der Waals surface area contributed by atoms with Crippen LogP contribution in [0.25, 0.3) is 32.7 Å². The number of benzene rings is 3. The molecule has 6 aromatic rings. The molecule has 6 rings (SSSR count). The van der Waals surface area contributed by atoms with Gasteiger partial charge in [0.15, 0.2) is 0 Å². The van der Waals surface area contributed by atoms with Crippen molar-refractivity contribution in [2.45, 2.75) is 20.8 Å². The Hall–Kier alpha value is -4.18. The minimum atomic E-state index is 0. The maximum atomic E-state index is 9.43. The molecule has 0 atom stereocenters. The van der Waals surface area contributed by atoms with Gasteiger partial charge in [-0.2, -0.15) is 0 Å². The molecule has 3 radical (unpaired) electrons. The lowest BCUT2D eigenvalue weighted by Gasteiger charge is -2.01. The lowest BCUT2D eigenvalue weighted by molar-refractivity contribution is 0.480. The molecular formula is C30H27AlN3O3. The van der Waals surface area contributed by atoms with Crippen molar-refractivity contribution in [2.24, 2.45) is 0 Å². The monoisotopic (exact) mass is 504 g/mol. The molecule has 3 heterocycles. The Balaban J connectivity index is 0.000000152. The Morgan fingerprint density at radius 2 is 0.703 bits per heavy atom.